The van der Waals surface area contributed by atoms with Gasteiger partial charge in [0.05, 0.1) is 6.54 Å². The summed E-state index contributed by atoms with van der Waals surface area (Å²) in [7, 11) is 3.20. The van der Waals surface area contributed by atoms with E-state index in [9.17, 15) is 0 Å². The highest BCUT2D eigenvalue weighted by Crippen LogP contribution is 2.27. The van der Waals surface area contributed by atoms with Gasteiger partial charge in [-0.1, -0.05) is 24.3 Å². The Morgan fingerprint density at radius 3 is 2.21 bits per heavy atom. The Labute approximate surface area is 84.8 Å². The van der Waals surface area contributed by atoms with Gasteiger partial charge in [-0.2, -0.15) is 0 Å². The maximum Gasteiger partial charge on any atom is 0.207 e. The molecule has 0 heterocycles. The van der Waals surface area contributed by atoms with Crippen LogP contribution in [0, 0.1) is 6.92 Å². The largest absolute Gasteiger partial charge is 0.348 e. The molecule has 0 radical (unpaired) electrons. The van der Waals surface area contributed by atoms with Gasteiger partial charge in [0, 0.05) is 19.8 Å². The lowest BCUT2D eigenvalue weighted by atomic mass is 10.0. The molecular weight excluding hydrogens is 178 g/mol. The van der Waals surface area contributed by atoms with E-state index in [1.807, 2.05) is 31.2 Å². The van der Waals surface area contributed by atoms with E-state index < -0.39 is 5.79 Å². The van der Waals surface area contributed by atoms with Gasteiger partial charge < -0.3 is 15.2 Å². The van der Waals surface area contributed by atoms with Crippen LogP contribution in [0.2, 0.25) is 0 Å². The van der Waals surface area contributed by atoms with Gasteiger partial charge in [0.1, 0.15) is 0 Å². The molecule has 14 heavy (non-hydrogen) atoms. The van der Waals surface area contributed by atoms with Crippen molar-refractivity contribution in [2.45, 2.75) is 12.7 Å². The molecule has 1 aromatic rings. The summed E-state index contributed by atoms with van der Waals surface area (Å²) >= 11 is 0. The zero-order chi connectivity index (χ0) is 10.6. The van der Waals surface area contributed by atoms with Crippen LogP contribution in [0.4, 0.5) is 0 Å². The predicted molar refractivity (Wildman–Crippen MR) is 55.9 cm³/mol. The number of rotatable bonds is 4. The maximum absolute atomic E-state index is 5.68. The molecule has 0 spiro atoms. The maximum atomic E-state index is 5.68. The highest BCUT2D eigenvalue weighted by Gasteiger charge is 2.31. The minimum atomic E-state index is -0.814. The van der Waals surface area contributed by atoms with Crippen molar-refractivity contribution in [3.63, 3.8) is 0 Å². The van der Waals surface area contributed by atoms with E-state index in [1.165, 1.54) is 0 Å². The van der Waals surface area contributed by atoms with Crippen LogP contribution in [0.3, 0.4) is 0 Å². The summed E-state index contributed by atoms with van der Waals surface area (Å²) in [6.07, 6.45) is 0. The second kappa shape index (κ2) is 4.55. The fourth-order valence-corrected chi connectivity index (χ4v) is 1.58. The predicted octanol–water partition coefficient (Wildman–Crippen LogP) is 1.40. The number of hydrogen-bond donors (Lipinski definition) is 1. The summed E-state index contributed by atoms with van der Waals surface area (Å²) in [5, 5.41) is 0. The number of benzene rings is 1. The van der Waals surface area contributed by atoms with Crippen LogP contribution in [-0.4, -0.2) is 20.8 Å². The zero-order valence-corrected chi connectivity index (χ0v) is 8.91. The van der Waals surface area contributed by atoms with Gasteiger partial charge >= 0.3 is 0 Å². The molecule has 0 saturated carbocycles. The number of methoxy groups -OCH3 is 2. The number of ether oxygens (including phenoxy) is 2. The van der Waals surface area contributed by atoms with Gasteiger partial charge in [0.2, 0.25) is 5.79 Å². The Morgan fingerprint density at radius 1 is 1.21 bits per heavy atom. The average molecular weight is 195 g/mol. The highest BCUT2D eigenvalue weighted by atomic mass is 16.7. The van der Waals surface area contributed by atoms with Crippen molar-refractivity contribution in [3.8, 4) is 0 Å². The Bertz CT molecular complexity index is 287. The molecule has 0 aliphatic rings. The molecule has 78 valence electrons. The van der Waals surface area contributed by atoms with E-state index in [0.29, 0.717) is 6.54 Å². The Morgan fingerprint density at radius 2 is 1.79 bits per heavy atom. The lowest BCUT2D eigenvalue weighted by molar-refractivity contribution is -0.208. The third-order valence-electron chi connectivity index (χ3n) is 2.48. The lowest BCUT2D eigenvalue weighted by Gasteiger charge is -2.31. The van der Waals surface area contributed by atoms with Crippen molar-refractivity contribution in [1.82, 2.24) is 0 Å². The van der Waals surface area contributed by atoms with E-state index in [2.05, 4.69) is 0 Å². The van der Waals surface area contributed by atoms with Gasteiger partial charge in [0.25, 0.3) is 0 Å². The lowest BCUT2D eigenvalue weighted by Crippen LogP contribution is -2.39. The fourth-order valence-electron chi connectivity index (χ4n) is 1.58. The van der Waals surface area contributed by atoms with Crippen molar-refractivity contribution in [1.29, 1.82) is 0 Å². The van der Waals surface area contributed by atoms with Crippen molar-refractivity contribution >= 4 is 0 Å². The first-order valence-electron chi connectivity index (χ1n) is 4.56. The molecule has 0 bridgehead atoms. The third-order valence-corrected chi connectivity index (χ3v) is 2.48. The van der Waals surface area contributed by atoms with Crippen molar-refractivity contribution in [2.75, 3.05) is 20.8 Å². The van der Waals surface area contributed by atoms with E-state index in [-0.39, 0.29) is 0 Å². The van der Waals surface area contributed by atoms with E-state index in [1.54, 1.807) is 14.2 Å². The van der Waals surface area contributed by atoms with E-state index in [0.717, 1.165) is 11.1 Å². The average Bonchev–Trinajstić information content (AvgIpc) is 2.24. The third kappa shape index (κ3) is 1.80. The Kier molecular flexibility index (Phi) is 3.63. The molecule has 1 aromatic carbocycles. The number of hydrogen-bond acceptors (Lipinski definition) is 3. The molecule has 0 unspecified atom stereocenters. The second-order valence-corrected chi connectivity index (χ2v) is 3.18. The van der Waals surface area contributed by atoms with Gasteiger partial charge in [-0.15, -0.1) is 0 Å². The van der Waals surface area contributed by atoms with Crippen molar-refractivity contribution in [2.24, 2.45) is 5.73 Å². The second-order valence-electron chi connectivity index (χ2n) is 3.18. The van der Waals surface area contributed by atoms with Gasteiger partial charge in [0.15, 0.2) is 0 Å². The molecule has 0 aromatic heterocycles. The summed E-state index contributed by atoms with van der Waals surface area (Å²) in [4.78, 5) is 0. The number of nitrogens with two attached hydrogens (primary N) is 1. The normalized spacial score (nSPS) is 11.7. The van der Waals surface area contributed by atoms with Crippen LogP contribution in [-0.2, 0) is 15.3 Å². The highest BCUT2D eigenvalue weighted by molar-refractivity contribution is 5.30. The Balaban J connectivity index is 3.17. The van der Waals surface area contributed by atoms with Crippen LogP contribution in [0.1, 0.15) is 11.1 Å². The Hall–Kier alpha value is -0.900. The number of aryl methyl sites for hydroxylation is 1. The van der Waals surface area contributed by atoms with Crippen LogP contribution in [0.25, 0.3) is 0 Å². The molecule has 3 heteroatoms. The van der Waals surface area contributed by atoms with Crippen LogP contribution in [0.15, 0.2) is 24.3 Å². The molecule has 0 amide bonds. The minimum absolute atomic E-state index is 0.296. The van der Waals surface area contributed by atoms with E-state index >= 15 is 0 Å². The quantitative estimate of drug-likeness (QED) is 0.738. The molecule has 0 atom stereocenters. The summed E-state index contributed by atoms with van der Waals surface area (Å²) in [6, 6.07) is 7.91. The van der Waals surface area contributed by atoms with Crippen LogP contribution < -0.4 is 5.73 Å². The summed E-state index contributed by atoms with van der Waals surface area (Å²) in [6.45, 7) is 2.31. The zero-order valence-electron chi connectivity index (χ0n) is 8.91. The summed E-state index contributed by atoms with van der Waals surface area (Å²) in [5.74, 6) is -0.814. The summed E-state index contributed by atoms with van der Waals surface area (Å²) in [5.41, 5.74) is 7.77. The molecule has 0 aliphatic heterocycles. The van der Waals surface area contributed by atoms with Gasteiger partial charge in [-0.3, -0.25) is 0 Å². The molecule has 0 saturated heterocycles. The first-order chi connectivity index (χ1) is 6.70. The van der Waals surface area contributed by atoms with Crippen LogP contribution in [0.5, 0.6) is 0 Å². The monoisotopic (exact) mass is 195 g/mol. The fraction of sp³-hybridized carbons (Fsp3) is 0.455. The van der Waals surface area contributed by atoms with Crippen molar-refractivity contribution in [3.05, 3.63) is 35.4 Å². The first-order valence-corrected chi connectivity index (χ1v) is 4.56. The molecule has 1 rings (SSSR count). The smallest absolute Gasteiger partial charge is 0.207 e. The van der Waals surface area contributed by atoms with Gasteiger partial charge in [-0.25, -0.2) is 0 Å². The molecular formula is C11H17NO2. The standard InChI is InChI=1S/C11H17NO2/c1-9-6-4-5-7-10(9)11(8-12,13-2)14-3/h4-7H,8,12H2,1-3H3. The van der Waals surface area contributed by atoms with E-state index in [4.69, 9.17) is 15.2 Å². The SMILES string of the molecule is COC(CN)(OC)c1ccccc1C. The molecule has 2 N–H and O–H groups in total. The first kappa shape index (κ1) is 11.2. The topological polar surface area (TPSA) is 44.5 Å². The summed E-state index contributed by atoms with van der Waals surface area (Å²) < 4.78 is 10.7. The van der Waals surface area contributed by atoms with Crippen molar-refractivity contribution < 1.29 is 9.47 Å². The minimum Gasteiger partial charge on any atom is -0.348 e. The molecule has 0 fully saturated rings. The molecule has 3 nitrogen and oxygen atoms in total. The van der Waals surface area contributed by atoms with Gasteiger partial charge in [-0.05, 0) is 12.5 Å². The van der Waals surface area contributed by atoms with Crippen LogP contribution >= 0.6 is 0 Å². The molecule has 0 aliphatic carbocycles.